The molecule has 1 aliphatic rings. The summed E-state index contributed by atoms with van der Waals surface area (Å²) in [4.78, 5) is 4.09. The third-order valence-corrected chi connectivity index (χ3v) is 1.52. The van der Waals surface area contributed by atoms with Gasteiger partial charge in [-0.05, 0) is 13.0 Å². The molecule has 0 spiro atoms. The second-order valence-corrected chi connectivity index (χ2v) is 3.54. The third kappa shape index (κ3) is 4.51. The Bertz CT molecular complexity index is 245. The number of allylic oxidation sites excluding steroid dienone is 3. The van der Waals surface area contributed by atoms with Gasteiger partial charge in [0, 0.05) is 11.6 Å². The first-order valence-corrected chi connectivity index (χ1v) is 4.71. The lowest BCUT2D eigenvalue weighted by molar-refractivity contribution is 0.690. The van der Waals surface area contributed by atoms with Crippen molar-refractivity contribution in [3.8, 4) is 0 Å². The van der Waals surface area contributed by atoms with E-state index in [1.165, 1.54) is 5.57 Å². The summed E-state index contributed by atoms with van der Waals surface area (Å²) in [6, 6.07) is 0. The normalized spacial score (nSPS) is 19.2. The Morgan fingerprint density at radius 3 is 2.38 bits per heavy atom. The largest absolute Gasteiger partial charge is 0.384 e. The maximum Gasteiger partial charge on any atom is 0.123 e. The van der Waals surface area contributed by atoms with Crippen LogP contribution in [0.3, 0.4) is 0 Å². The summed E-state index contributed by atoms with van der Waals surface area (Å²) < 4.78 is 0. The van der Waals surface area contributed by atoms with E-state index >= 15 is 0 Å². The highest BCUT2D eigenvalue weighted by Gasteiger charge is 2.12. The van der Waals surface area contributed by atoms with Gasteiger partial charge in [0.15, 0.2) is 0 Å². The monoisotopic (exact) mass is 180 g/mol. The molecular formula is C11H20N2. The van der Waals surface area contributed by atoms with Crippen LogP contribution in [-0.4, -0.2) is 6.21 Å². The molecule has 2 N–H and O–H groups in total. The second kappa shape index (κ2) is 4.85. The quantitative estimate of drug-likeness (QED) is 0.611. The molecule has 0 fully saturated rings. The SMILES string of the molecule is CC.CC1=CC(C)(C)C=NC(N)=C1. The Balaban J connectivity index is 0.000000671. The lowest BCUT2D eigenvalue weighted by atomic mass is 9.93. The number of hydrogen-bond acceptors (Lipinski definition) is 2. The molecule has 0 unspecified atom stereocenters. The van der Waals surface area contributed by atoms with E-state index in [4.69, 9.17) is 5.73 Å². The molecule has 0 aliphatic carbocycles. The van der Waals surface area contributed by atoms with E-state index in [1.54, 1.807) is 0 Å². The van der Waals surface area contributed by atoms with E-state index in [2.05, 4.69) is 24.9 Å². The van der Waals surface area contributed by atoms with E-state index < -0.39 is 0 Å². The maximum absolute atomic E-state index is 5.57. The van der Waals surface area contributed by atoms with Gasteiger partial charge in [0.05, 0.1) is 0 Å². The smallest absolute Gasteiger partial charge is 0.123 e. The number of hydrogen-bond donors (Lipinski definition) is 1. The summed E-state index contributed by atoms with van der Waals surface area (Å²) in [5.41, 5.74) is 6.77. The highest BCUT2D eigenvalue weighted by molar-refractivity contribution is 5.70. The van der Waals surface area contributed by atoms with E-state index in [9.17, 15) is 0 Å². The first kappa shape index (κ1) is 11.9. The molecule has 0 aromatic heterocycles. The average Bonchev–Trinajstić information content (AvgIpc) is 2.13. The van der Waals surface area contributed by atoms with Gasteiger partial charge < -0.3 is 5.73 Å². The van der Waals surface area contributed by atoms with E-state index in [0.717, 1.165) is 0 Å². The van der Waals surface area contributed by atoms with Crippen LogP contribution in [0.1, 0.15) is 34.6 Å². The molecule has 1 aliphatic heterocycles. The lowest BCUT2D eigenvalue weighted by Crippen LogP contribution is -2.08. The standard InChI is InChI=1S/C9H14N2.C2H6/c1-7-4-8(10)11-6-9(2,3)5-7;1-2/h4-6H,10H2,1-3H3;1-2H3. The fourth-order valence-electron chi connectivity index (χ4n) is 1.18. The minimum absolute atomic E-state index is 0.0295. The van der Waals surface area contributed by atoms with Gasteiger partial charge >= 0.3 is 0 Å². The van der Waals surface area contributed by atoms with Gasteiger partial charge in [-0.2, -0.15) is 0 Å². The molecule has 0 saturated heterocycles. The summed E-state index contributed by atoms with van der Waals surface area (Å²) >= 11 is 0. The number of rotatable bonds is 0. The van der Waals surface area contributed by atoms with Gasteiger partial charge in [0.2, 0.25) is 0 Å². The summed E-state index contributed by atoms with van der Waals surface area (Å²) in [5, 5.41) is 0. The minimum Gasteiger partial charge on any atom is -0.384 e. The number of aliphatic imine (C=N–C) groups is 1. The highest BCUT2D eigenvalue weighted by Crippen LogP contribution is 2.20. The summed E-state index contributed by atoms with van der Waals surface area (Å²) in [7, 11) is 0. The maximum atomic E-state index is 5.57. The summed E-state index contributed by atoms with van der Waals surface area (Å²) in [5.74, 6) is 0.587. The van der Waals surface area contributed by atoms with Crippen LogP contribution in [0.2, 0.25) is 0 Å². The van der Waals surface area contributed by atoms with Crippen LogP contribution in [0.4, 0.5) is 0 Å². The third-order valence-electron chi connectivity index (χ3n) is 1.52. The van der Waals surface area contributed by atoms with E-state index in [1.807, 2.05) is 33.1 Å². The van der Waals surface area contributed by atoms with Crippen molar-refractivity contribution in [3.63, 3.8) is 0 Å². The summed E-state index contributed by atoms with van der Waals surface area (Å²) in [6.45, 7) is 10.2. The molecule has 74 valence electrons. The Morgan fingerprint density at radius 1 is 1.31 bits per heavy atom. The fraction of sp³-hybridized carbons (Fsp3) is 0.545. The molecule has 0 saturated carbocycles. The zero-order valence-electron chi connectivity index (χ0n) is 9.26. The Hall–Kier alpha value is -1.05. The van der Waals surface area contributed by atoms with Gasteiger partial charge in [-0.1, -0.05) is 39.3 Å². The average molecular weight is 180 g/mol. The minimum atomic E-state index is 0.0295. The molecule has 0 radical (unpaired) electrons. The molecule has 2 nitrogen and oxygen atoms in total. The Labute approximate surface area is 81.2 Å². The molecule has 13 heavy (non-hydrogen) atoms. The summed E-state index contributed by atoms with van der Waals surface area (Å²) in [6.07, 6.45) is 5.90. The molecule has 2 heteroatoms. The molecule has 0 aromatic carbocycles. The highest BCUT2D eigenvalue weighted by atomic mass is 14.9. The van der Waals surface area contributed by atoms with Crippen LogP contribution in [0.15, 0.2) is 28.5 Å². The van der Waals surface area contributed by atoms with Gasteiger partial charge in [0.1, 0.15) is 5.82 Å². The zero-order chi connectivity index (χ0) is 10.5. The van der Waals surface area contributed by atoms with Crippen molar-refractivity contribution in [2.24, 2.45) is 16.1 Å². The van der Waals surface area contributed by atoms with Crippen LogP contribution in [0, 0.1) is 5.41 Å². The molecule has 0 bridgehead atoms. The van der Waals surface area contributed by atoms with Gasteiger partial charge in [-0.3, -0.25) is 0 Å². The Kier molecular flexibility index (Phi) is 4.46. The first-order chi connectivity index (χ1) is 5.99. The van der Waals surface area contributed by atoms with Crippen LogP contribution in [0.25, 0.3) is 0 Å². The van der Waals surface area contributed by atoms with Crippen molar-refractivity contribution < 1.29 is 0 Å². The van der Waals surface area contributed by atoms with Crippen molar-refractivity contribution in [3.05, 3.63) is 23.5 Å². The molecular weight excluding hydrogens is 160 g/mol. The van der Waals surface area contributed by atoms with E-state index in [-0.39, 0.29) is 5.41 Å². The predicted molar refractivity (Wildman–Crippen MR) is 59.6 cm³/mol. The van der Waals surface area contributed by atoms with Crippen LogP contribution in [-0.2, 0) is 0 Å². The topological polar surface area (TPSA) is 38.4 Å². The molecule has 1 rings (SSSR count). The van der Waals surface area contributed by atoms with Crippen molar-refractivity contribution in [1.82, 2.24) is 0 Å². The number of nitrogens with two attached hydrogens (primary N) is 1. The van der Waals surface area contributed by atoms with Crippen molar-refractivity contribution in [2.45, 2.75) is 34.6 Å². The van der Waals surface area contributed by atoms with Crippen LogP contribution >= 0.6 is 0 Å². The van der Waals surface area contributed by atoms with Gasteiger partial charge in [0.25, 0.3) is 0 Å². The van der Waals surface area contributed by atoms with Crippen molar-refractivity contribution >= 4 is 6.21 Å². The fourth-order valence-corrected chi connectivity index (χ4v) is 1.18. The molecule has 1 heterocycles. The molecule has 0 amide bonds. The molecule has 0 atom stereocenters. The van der Waals surface area contributed by atoms with Crippen molar-refractivity contribution in [1.29, 1.82) is 0 Å². The van der Waals surface area contributed by atoms with Crippen molar-refractivity contribution in [2.75, 3.05) is 0 Å². The Morgan fingerprint density at radius 2 is 1.85 bits per heavy atom. The first-order valence-electron chi connectivity index (χ1n) is 4.71. The van der Waals surface area contributed by atoms with Gasteiger partial charge in [-0.25, -0.2) is 4.99 Å². The second-order valence-electron chi connectivity index (χ2n) is 3.54. The van der Waals surface area contributed by atoms with E-state index in [0.29, 0.717) is 5.82 Å². The number of nitrogens with zero attached hydrogens (tertiary/aromatic N) is 1. The molecule has 0 aromatic rings. The van der Waals surface area contributed by atoms with Crippen LogP contribution in [0.5, 0.6) is 0 Å². The van der Waals surface area contributed by atoms with Gasteiger partial charge in [-0.15, -0.1) is 0 Å². The predicted octanol–water partition coefficient (Wildman–Crippen LogP) is 2.87. The lowest BCUT2D eigenvalue weighted by Gasteiger charge is -2.12. The zero-order valence-corrected chi connectivity index (χ0v) is 9.26. The van der Waals surface area contributed by atoms with Crippen LogP contribution < -0.4 is 5.73 Å².